The third kappa shape index (κ3) is 3.18. The zero-order valence-electron chi connectivity index (χ0n) is 9.41. The molecule has 3 nitrogen and oxygen atoms in total. The fourth-order valence-electron chi connectivity index (χ4n) is 2.85. The highest BCUT2D eigenvalue weighted by Crippen LogP contribution is 2.25. The molecule has 0 aromatic heterocycles. The SMILES string of the molecule is CC1CCCC(NC2CCS(=O)(=O)C2)C1. The molecule has 3 unspecified atom stereocenters. The Kier molecular flexibility index (Phi) is 3.36. The summed E-state index contributed by atoms with van der Waals surface area (Å²) in [5.74, 6) is 1.54. The lowest BCUT2D eigenvalue weighted by Gasteiger charge is -2.29. The van der Waals surface area contributed by atoms with E-state index in [1.807, 2.05) is 0 Å². The molecule has 1 heterocycles. The van der Waals surface area contributed by atoms with Gasteiger partial charge in [-0.05, 0) is 25.2 Å². The summed E-state index contributed by atoms with van der Waals surface area (Å²) in [5.41, 5.74) is 0. The molecule has 2 rings (SSSR count). The van der Waals surface area contributed by atoms with Gasteiger partial charge in [0, 0.05) is 12.1 Å². The first-order valence-electron chi connectivity index (χ1n) is 6.01. The molecule has 4 heteroatoms. The lowest BCUT2D eigenvalue weighted by Crippen LogP contribution is -2.41. The second-order valence-electron chi connectivity index (χ2n) is 5.24. The number of nitrogens with one attached hydrogen (secondary N) is 1. The third-order valence-corrected chi connectivity index (χ3v) is 5.41. The van der Waals surface area contributed by atoms with E-state index >= 15 is 0 Å². The molecule has 0 amide bonds. The molecule has 1 aliphatic heterocycles. The van der Waals surface area contributed by atoms with Crippen LogP contribution in [0.15, 0.2) is 0 Å². The molecule has 0 aromatic carbocycles. The Morgan fingerprint density at radius 3 is 2.53 bits per heavy atom. The highest BCUT2D eigenvalue weighted by molar-refractivity contribution is 7.91. The first-order valence-corrected chi connectivity index (χ1v) is 7.84. The van der Waals surface area contributed by atoms with E-state index < -0.39 is 9.84 Å². The van der Waals surface area contributed by atoms with Crippen molar-refractivity contribution < 1.29 is 8.42 Å². The number of hydrogen-bond acceptors (Lipinski definition) is 3. The first-order chi connectivity index (χ1) is 7.05. The summed E-state index contributed by atoms with van der Waals surface area (Å²) >= 11 is 0. The molecule has 0 spiro atoms. The van der Waals surface area contributed by atoms with Crippen molar-refractivity contribution in [1.29, 1.82) is 0 Å². The Morgan fingerprint density at radius 2 is 1.93 bits per heavy atom. The quantitative estimate of drug-likeness (QED) is 0.780. The molecule has 15 heavy (non-hydrogen) atoms. The highest BCUT2D eigenvalue weighted by atomic mass is 32.2. The lowest BCUT2D eigenvalue weighted by molar-refractivity contribution is 0.285. The van der Waals surface area contributed by atoms with Crippen molar-refractivity contribution in [3.05, 3.63) is 0 Å². The standard InChI is InChI=1S/C11H21NO2S/c1-9-3-2-4-10(7-9)12-11-5-6-15(13,14)8-11/h9-12H,2-8H2,1H3. The molecule has 1 aliphatic carbocycles. The zero-order valence-corrected chi connectivity index (χ0v) is 10.2. The third-order valence-electron chi connectivity index (χ3n) is 3.64. The molecule has 0 aromatic rings. The van der Waals surface area contributed by atoms with Crippen molar-refractivity contribution in [2.75, 3.05) is 11.5 Å². The van der Waals surface area contributed by atoms with Gasteiger partial charge in [0.2, 0.25) is 0 Å². The van der Waals surface area contributed by atoms with Crippen LogP contribution in [0.3, 0.4) is 0 Å². The van der Waals surface area contributed by atoms with Gasteiger partial charge >= 0.3 is 0 Å². The molecular formula is C11H21NO2S. The van der Waals surface area contributed by atoms with Crippen LogP contribution < -0.4 is 5.32 Å². The van der Waals surface area contributed by atoms with Crippen molar-refractivity contribution in [1.82, 2.24) is 5.32 Å². The summed E-state index contributed by atoms with van der Waals surface area (Å²) in [5, 5.41) is 3.52. The minimum absolute atomic E-state index is 0.227. The molecular weight excluding hydrogens is 210 g/mol. The van der Waals surface area contributed by atoms with Crippen LogP contribution >= 0.6 is 0 Å². The topological polar surface area (TPSA) is 46.2 Å². The Hall–Kier alpha value is -0.0900. The average Bonchev–Trinajstić information content (AvgIpc) is 2.45. The Balaban J connectivity index is 1.82. The second-order valence-corrected chi connectivity index (χ2v) is 7.46. The van der Waals surface area contributed by atoms with Crippen LogP contribution in [0.5, 0.6) is 0 Å². The molecule has 2 aliphatic rings. The fraction of sp³-hybridized carbons (Fsp3) is 1.00. The molecule has 0 radical (unpaired) electrons. The van der Waals surface area contributed by atoms with E-state index in [1.54, 1.807) is 0 Å². The molecule has 88 valence electrons. The Morgan fingerprint density at radius 1 is 1.13 bits per heavy atom. The van der Waals surface area contributed by atoms with Gasteiger partial charge in [-0.3, -0.25) is 0 Å². The second kappa shape index (κ2) is 4.42. The van der Waals surface area contributed by atoms with E-state index in [0.717, 1.165) is 12.3 Å². The predicted octanol–water partition coefficient (Wildman–Crippen LogP) is 1.34. The lowest BCUT2D eigenvalue weighted by atomic mass is 9.87. The summed E-state index contributed by atoms with van der Waals surface area (Å²) in [6, 6.07) is 0.789. The summed E-state index contributed by atoms with van der Waals surface area (Å²) in [6.07, 6.45) is 5.88. The minimum atomic E-state index is -2.72. The average molecular weight is 231 g/mol. The normalized spacial score (nSPS) is 40.5. The van der Waals surface area contributed by atoms with Gasteiger partial charge in [0.1, 0.15) is 0 Å². The van der Waals surface area contributed by atoms with E-state index in [-0.39, 0.29) is 6.04 Å². The van der Waals surface area contributed by atoms with E-state index in [9.17, 15) is 8.42 Å². The molecule has 1 saturated heterocycles. The van der Waals surface area contributed by atoms with Crippen molar-refractivity contribution in [3.63, 3.8) is 0 Å². The summed E-state index contributed by atoms with van der Waals surface area (Å²) in [7, 11) is -2.72. The minimum Gasteiger partial charge on any atom is -0.310 e. The van der Waals surface area contributed by atoms with Crippen molar-refractivity contribution in [2.45, 2.75) is 51.1 Å². The van der Waals surface area contributed by atoms with Gasteiger partial charge in [0.15, 0.2) is 9.84 Å². The van der Waals surface area contributed by atoms with Gasteiger partial charge in [0.05, 0.1) is 11.5 Å². The summed E-state index contributed by atoms with van der Waals surface area (Å²) in [6.45, 7) is 2.29. The number of hydrogen-bond donors (Lipinski definition) is 1. The van der Waals surface area contributed by atoms with Gasteiger partial charge in [0.25, 0.3) is 0 Å². The van der Waals surface area contributed by atoms with E-state index in [4.69, 9.17) is 0 Å². The summed E-state index contributed by atoms with van der Waals surface area (Å²) in [4.78, 5) is 0. The molecule has 1 saturated carbocycles. The monoisotopic (exact) mass is 231 g/mol. The maximum absolute atomic E-state index is 11.3. The van der Waals surface area contributed by atoms with Crippen LogP contribution in [-0.4, -0.2) is 32.0 Å². The van der Waals surface area contributed by atoms with Crippen LogP contribution in [0.1, 0.15) is 39.0 Å². The Bertz CT molecular complexity index is 313. The van der Waals surface area contributed by atoms with E-state index in [1.165, 1.54) is 25.7 Å². The predicted molar refractivity (Wildman–Crippen MR) is 61.6 cm³/mol. The van der Waals surface area contributed by atoms with Crippen molar-refractivity contribution in [2.24, 2.45) is 5.92 Å². The summed E-state index contributed by atoms with van der Waals surface area (Å²) < 4.78 is 22.6. The van der Waals surface area contributed by atoms with Gasteiger partial charge in [-0.2, -0.15) is 0 Å². The van der Waals surface area contributed by atoms with Gasteiger partial charge in [-0.25, -0.2) is 8.42 Å². The fourth-order valence-corrected chi connectivity index (χ4v) is 4.53. The maximum atomic E-state index is 11.3. The van der Waals surface area contributed by atoms with Crippen LogP contribution in [0, 0.1) is 5.92 Å². The van der Waals surface area contributed by atoms with Crippen LogP contribution in [0.25, 0.3) is 0 Å². The molecule has 3 atom stereocenters. The van der Waals surface area contributed by atoms with Crippen molar-refractivity contribution >= 4 is 9.84 Å². The largest absolute Gasteiger partial charge is 0.310 e. The van der Waals surface area contributed by atoms with E-state index in [2.05, 4.69) is 12.2 Å². The zero-order chi connectivity index (χ0) is 10.9. The maximum Gasteiger partial charge on any atom is 0.151 e. The van der Waals surface area contributed by atoms with Crippen LogP contribution in [-0.2, 0) is 9.84 Å². The smallest absolute Gasteiger partial charge is 0.151 e. The van der Waals surface area contributed by atoms with E-state index in [0.29, 0.717) is 17.5 Å². The number of sulfone groups is 1. The molecule has 0 bridgehead atoms. The first kappa shape index (κ1) is 11.4. The van der Waals surface area contributed by atoms with Crippen LogP contribution in [0.2, 0.25) is 0 Å². The highest BCUT2D eigenvalue weighted by Gasteiger charge is 2.30. The molecule has 2 fully saturated rings. The Labute approximate surface area is 92.6 Å². The van der Waals surface area contributed by atoms with Gasteiger partial charge < -0.3 is 5.32 Å². The van der Waals surface area contributed by atoms with Crippen molar-refractivity contribution in [3.8, 4) is 0 Å². The van der Waals surface area contributed by atoms with Crippen LogP contribution in [0.4, 0.5) is 0 Å². The number of rotatable bonds is 2. The van der Waals surface area contributed by atoms with Gasteiger partial charge in [-0.15, -0.1) is 0 Å². The molecule has 1 N–H and O–H groups in total. The van der Waals surface area contributed by atoms with Gasteiger partial charge in [-0.1, -0.05) is 19.8 Å².